The Labute approximate surface area is 122 Å². The summed E-state index contributed by atoms with van der Waals surface area (Å²) in [4.78, 5) is 16.2. The second kappa shape index (κ2) is 6.94. The van der Waals surface area contributed by atoms with E-state index in [2.05, 4.69) is 15.3 Å². The standard InChI is InChI=1S/C14H18N4O3/c1-3-10(19)9-18-13(11-7-5-6-8-15-11)12(16-17-18)14(20)21-4-2/h5-8,10,19H,3-4,9H2,1-2H3. The lowest BCUT2D eigenvalue weighted by molar-refractivity contribution is 0.0520. The second-order valence-corrected chi connectivity index (χ2v) is 4.47. The van der Waals surface area contributed by atoms with Gasteiger partial charge in [-0.1, -0.05) is 18.2 Å². The van der Waals surface area contributed by atoms with Crippen LogP contribution < -0.4 is 0 Å². The van der Waals surface area contributed by atoms with Crippen molar-refractivity contribution in [3.63, 3.8) is 0 Å². The molecule has 7 nitrogen and oxygen atoms in total. The van der Waals surface area contributed by atoms with Crippen molar-refractivity contribution in [1.82, 2.24) is 20.0 Å². The van der Waals surface area contributed by atoms with Crippen molar-refractivity contribution in [2.75, 3.05) is 6.61 Å². The number of hydrogen-bond donors (Lipinski definition) is 1. The van der Waals surface area contributed by atoms with Gasteiger partial charge in [-0.05, 0) is 25.5 Å². The normalized spacial score (nSPS) is 12.1. The highest BCUT2D eigenvalue weighted by atomic mass is 16.5. The van der Waals surface area contributed by atoms with Crippen molar-refractivity contribution in [2.24, 2.45) is 0 Å². The minimum absolute atomic E-state index is 0.110. The number of ether oxygens (including phenoxy) is 1. The number of hydrogen-bond acceptors (Lipinski definition) is 6. The summed E-state index contributed by atoms with van der Waals surface area (Å²) in [5.41, 5.74) is 1.13. The highest BCUT2D eigenvalue weighted by Crippen LogP contribution is 2.21. The Kier molecular flexibility index (Phi) is 4.99. The van der Waals surface area contributed by atoms with E-state index >= 15 is 0 Å². The molecule has 112 valence electrons. The van der Waals surface area contributed by atoms with Crippen LogP contribution in [0.25, 0.3) is 11.4 Å². The predicted octanol–water partition coefficient (Wildman–Crippen LogP) is 1.29. The topological polar surface area (TPSA) is 90.1 Å². The average molecular weight is 290 g/mol. The van der Waals surface area contributed by atoms with Crippen LogP contribution in [0.2, 0.25) is 0 Å². The molecule has 0 amide bonds. The summed E-state index contributed by atoms with van der Waals surface area (Å²) in [6, 6.07) is 5.35. The van der Waals surface area contributed by atoms with Crippen molar-refractivity contribution in [3.05, 3.63) is 30.1 Å². The summed E-state index contributed by atoms with van der Waals surface area (Å²) in [6.07, 6.45) is 1.64. The fourth-order valence-corrected chi connectivity index (χ4v) is 1.86. The van der Waals surface area contributed by atoms with E-state index in [1.807, 2.05) is 13.0 Å². The third-order valence-corrected chi connectivity index (χ3v) is 2.97. The van der Waals surface area contributed by atoms with Crippen LogP contribution in [0.3, 0.4) is 0 Å². The lowest BCUT2D eigenvalue weighted by Gasteiger charge is -2.10. The van der Waals surface area contributed by atoms with Gasteiger partial charge in [-0.3, -0.25) is 4.98 Å². The van der Waals surface area contributed by atoms with Gasteiger partial charge in [0.15, 0.2) is 5.69 Å². The maximum absolute atomic E-state index is 12.0. The number of carbonyl (C=O) groups excluding carboxylic acids is 1. The van der Waals surface area contributed by atoms with Gasteiger partial charge in [-0.15, -0.1) is 5.10 Å². The minimum Gasteiger partial charge on any atom is -0.461 e. The molecule has 0 aliphatic heterocycles. The van der Waals surface area contributed by atoms with Gasteiger partial charge in [0.05, 0.1) is 24.9 Å². The number of aliphatic hydroxyl groups excluding tert-OH is 1. The van der Waals surface area contributed by atoms with E-state index < -0.39 is 12.1 Å². The van der Waals surface area contributed by atoms with Gasteiger partial charge in [0.25, 0.3) is 0 Å². The van der Waals surface area contributed by atoms with Crippen molar-refractivity contribution in [1.29, 1.82) is 0 Å². The summed E-state index contributed by atoms with van der Waals surface area (Å²) in [5, 5.41) is 17.6. The van der Waals surface area contributed by atoms with Crippen LogP contribution in [0.4, 0.5) is 0 Å². The van der Waals surface area contributed by atoms with Crippen LogP contribution in [0.1, 0.15) is 30.8 Å². The van der Waals surface area contributed by atoms with E-state index in [9.17, 15) is 9.90 Å². The van der Waals surface area contributed by atoms with E-state index in [4.69, 9.17) is 4.74 Å². The van der Waals surface area contributed by atoms with Crippen molar-refractivity contribution in [2.45, 2.75) is 32.9 Å². The molecule has 0 aromatic carbocycles. The van der Waals surface area contributed by atoms with Crippen LogP contribution >= 0.6 is 0 Å². The molecule has 0 radical (unpaired) electrons. The van der Waals surface area contributed by atoms with Gasteiger partial charge in [-0.2, -0.15) is 0 Å². The number of nitrogens with zero attached hydrogens (tertiary/aromatic N) is 4. The third kappa shape index (κ3) is 3.43. The zero-order valence-electron chi connectivity index (χ0n) is 12.1. The van der Waals surface area contributed by atoms with Gasteiger partial charge in [0, 0.05) is 6.20 Å². The van der Waals surface area contributed by atoms with Gasteiger partial charge in [0.2, 0.25) is 0 Å². The summed E-state index contributed by atoms with van der Waals surface area (Å²) < 4.78 is 6.48. The molecule has 1 N–H and O–H groups in total. The van der Waals surface area contributed by atoms with Gasteiger partial charge >= 0.3 is 5.97 Å². The first-order chi connectivity index (χ1) is 10.2. The molecule has 2 heterocycles. The number of rotatable bonds is 6. The van der Waals surface area contributed by atoms with E-state index in [1.54, 1.807) is 25.3 Å². The molecule has 2 aromatic heterocycles. The zero-order valence-corrected chi connectivity index (χ0v) is 12.1. The average Bonchev–Trinajstić information content (AvgIpc) is 2.92. The Morgan fingerprint density at radius 2 is 2.24 bits per heavy atom. The number of aromatic nitrogens is 4. The van der Waals surface area contributed by atoms with Gasteiger partial charge < -0.3 is 9.84 Å². The van der Waals surface area contributed by atoms with Crippen molar-refractivity contribution in [3.8, 4) is 11.4 Å². The minimum atomic E-state index is -0.566. The van der Waals surface area contributed by atoms with Crippen molar-refractivity contribution >= 4 is 5.97 Å². The van der Waals surface area contributed by atoms with E-state index in [0.717, 1.165) is 0 Å². The Morgan fingerprint density at radius 3 is 2.86 bits per heavy atom. The monoisotopic (exact) mass is 290 g/mol. The number of carbonyl (C=O) groups is 1. The fourth-order valence-electron chi connectivity index (χ4n) is 1.86. The molecule has 7 heteroatoms. The maximum Gasteiger partial charge on any atom is 0.361 e. The molecule has 0 saturated carbocycles. The van der Waals surface area contributed by atoms with Crippen LogP contribution in [0.15, 0.2) is 24.4 Å². The highest BCUT2D eigenvalue weighted by molar-refractivity contribution is 5.93. The molecular formula is C14H18N4O3. The molecular weight excluding hydrogens is 272 g/mol. The molecule has 0 aliphatic carbocycles. The molecule has 0 saturated heterocycles. The Morgan fingerprint density at radius 1 is 1.43 bits per heavy atom. The van der Waals surface area contributed by atoms with E-state index in [-0.39, 0.29) is 18.8 Å². The zero-order chi connectivity index (χ0) is 15.2. The lowest BCUT2D eigenvalue weighted by Crippen LogP contribution is -2.17. The quantitative estimate of drug-likeness (QED) is 0.806. The molecule has 0 spiro atoms. The first-order valence-electron chi connectivity index (χ1n) is 6.87. The molecule has 21 heavy (non-hydrogen) atoms. The largest absolute Gasteiger partial charge is 0.461 e. The van der Waals surface area contributed by atoms with Crippen LogP contribution in [0.5, 0.6) is 0 Å². The first kappa shape index (κ1) is 15.1. The molecule has 0 bridgehead atoms. The highest BCUT2D eigenvalue weighted by Gasteiger charge is 2.23. The van der Waals surface area contributed by atoms with Crippen LogP contribution in [0, 0.1) is 0 Å². The molecule has 2 aromatic rings. The number of aliphatic hydroxyl groups is 1. The molecule has 1 unspecified atom stereocenters. The summed E-state index contributed by atoms with van der Waals surface area (Å²) >= 11 is 0. The van der Waals surface area contributed by atoms with Crippen LogP contribution in [-0.2, 0) is 11.3 Å². The number of esters is 1. The number of pyridine rings is 1. The molecule has 0 aliphatic rings. The Hall–Kier alpha value is -2.28. The first-order valence-corrected chi connectivity index (χ1v) is 6.87. The molecule has 1 atom stereocenters. The fraction of sp³-hybridized carbons (Fsp3) is 0.429. The van der Waals surface area contributed by atoms with Gasteiger partial charge in [-0.25, -0.2) is 9.48 Å². The Bertz CT molecular complexity index is 598. The second-order valence-electron chi connectivity index (χ2n) is 4.47. The Balaban J connectivity index is 2.45. The molecule has 2 rings (SSSR count). The van der Waals surface area contributed by atoms with Crippen LogP contribution in [-0.4, -0.2) is 43.8 Å². The maximum atomic E-state index is 12.0. The van der Waals surface area contributed by atoms with E-state index in [1.165, 1.54) is 4.68 Å². The predicted molar refractivity (Wildman–Crippen MR) is 75.5 cm³/mol. The smallest absolute Gasteiger partial charge is 0.361 e. The summed E-state index contributed by atoms with van der Waals surface area (Å²) in [6.45, 7) is 4.09. The van der Waals surface area contributed by atoms with E-state index in [0.29, 0.717) is 17.8 Å². The summed E-state index contributed by atoms with van der Waals surface area (Å²) in [7, 11) is 0. The van der Waals surface area contributed by atoms with Gasteiger partial charge in [0.1, 0.15) is 5.69 Å². The van der Waals surface area contributed by atoms with Crippen molar-refractivity contribution < 1.29 is 14.6 Å². The molecule has 0 fully saturated rings. The lowest BCUT2D eigenvalue weighted by atomic mass is 10.2. The SMILES string of the molecule is CCOC(=O)c1nnn(CC(O)CC)c1-c1ccccn1. The summed E-state index contributed by atoms with van der Waals surface area (Å²) in [5.74, 6) is -0.546. The third-order valence-electron chi connectivity index (χ3n) is 2.97.